The van der Waals surface area contributed by atoms with E-state index in [2.05, 4.69) is 0 Å². The molecule has 1 atom stereocenters. The topological polar surface area (TPSA) is 52.6 Å². The van der Waals surface area contributed by atoms with Crippen LogP contribution in [0.15, 0.2) is 23.1 Å². The van der Waals surface area contributed by atoms with Crippen molar-refractivity contribution in [2.45, 2.75) is 43.6 Å². The third-order valence-electron chi connectivity index (χ3n) is 3.30. The highest BCUT2D eigenvalue weighted by atomic mass is 35.7. The molecule has 2 rings (SSSR count). The Hall–Kier alpha value is -0.780. The van der Waals surface area contributed by atoms with Gasteiger partial charge < -0.3 is 9.47 Å². The van der Waals surface area contributed by atoms with Gasteiger partial charge in [0, 0.05) is 17.3 Å². The summed E-state index contributed by atoms with van der Waals surface area (Å²) >= 11 is 0. The van der Waals surface area contributed by atoms with Crippen molar-refractivity contribution in [2.24, 2.45) is 0 Å². The Kier molecular flexibility index (Phi) is 4.94. The fourth-order valence-electron chi connectivity index (χ4n) is 2.22. The minimum Gasteiger partial charge on any atom is -0.488 e. The van der Waals surface area contributed by atoms with Crippen LogP contribution in [0.5, 0.6) is 5.75 Å². The first-order valence-electron chi connectivity index (χ1n) is 6.71. The first-order valence-corrected chi connectivity index (χ1v) is 9.02. The molecule has 0 aromatic heterocycles. The smallest absolute Gasteiger partial charge is 0.261 e. The highest BCUT2D eigenvalue weighted by molar-refractivity contribution is 8.13. The van der Waals surface area contributed by atoms with Crippen LogP contribution in [-0.2, 0) is 13.8 Å². The third kappa shape index (κ3) is 3.87. The zero-order valence-electron chi connectivity index (χ0n) is 11.6. The standard InChI is InChI=1S/C14H19ClO4S/c1-10(2)13-8-12(20(15,16)17)5-6-14(13)19-11-4-3-7-18-9-11/h5-6,8,10-11H,3-4,7,9H2,1-2H3. The Morgan fingerprint density at radius 1 is 1.40 bits per heavy atom. The number of benzene rings is 1. The van der Waals surface area contributed by atoms with Crippen molar-refractivity contribution in [2.75, 3.05) is 13.2 Å². The normalized spacial score (nSPS) is 20.1. The van der Waals surface area contributed by atoms with Gasteiger partial charge in [0.15, 0.2) is 0 Å². The molecule has 1 heterocycles. The summed E-state index contributed by atoms with van der Waals surface area (Å²) in [6.07, 6.45) is 1.96. The van der Waals surface area contributed by atoms with Crippen molar-refractivity contribution in [1.82, 2.24) is 0 Å². The Balaban J connectivity index is 2.28. The first kappa shape index (κ1) is 15.6. The molecule has 0 radical (unpaired) electrons. The van der Waals surface area contributed by atoms with Gasteiger partial charge in [0.1, 0.15) is 11.9 Å². The molecule has 112 valence electrons. The minimum atomic E-state index is -3.72. The molecule has 1 aromatic rings. The molecule has 1 aliphatic rings. The van der Waals surface area contributed by atoms with Crippen LogP contribution in [0, 0.1) is 0 Å². The first-order chi connectivity index (χ1) is 9.38. The van der Waals surface area contributed by atoms with Crippen molar-refractivity contribution in [1.29, 1.82) is 0 Å². The summed E-state index contributed by atoms with van der Waals surface area (Å²) in [7, 11) is 1.67. The second-order valence-electron chi connectivity index (χ2n) is 5.25. The van der Waals surface area contributed by atoms with E-state index in [4.69, 9.17) is 20.2 Å². The molecular formula is C14H19ClO4S. The van der Waals surface area contributed by atoms with Gasteiger partial charge in [-0.2, -0.15) is 0 Å². The molecule has 0 amide bonds. The number of halogens is 1. The zero-order chi connectivity index (χ0) is 14.8. The second kappa shape index (κ2) is 6.33. The summed E-state index contributed by atoms with van der Waals surface area (Å²) in [4.78, 5) is 0.107. The highest BCUT2D eigenvalue weighted by Crippen LogP contribution is 2.31. The summed E-state index contributed by atoms with van der Waals surface area (Å²) in [5, 5.41) is 0. The molecule has 0 spiro atoms. The fraction of sp³-hybridized carbons (Fsp3) is 0.571. The van der Waals surface area contributed by atoms with E-state index in [9.17, 15) is 8.42 Å². The summed E-state index contributed by atoms with van der Waals surface area (Å²) in [6, 6.07) is 4.75. The minimum absolute atomic E-state index is 0.0275. The molecule has 1 saturated heterocycles. The van der Waals surface area contributed by atoms with Crippen LogP contribution < -0.4 is 4.74 Å². The second-order valence-corrected chi connectivity index (χ2v) is 7.82. The van der Waals surface area contributed by atoms with Gasteiger partial charge in [-0.05, 0) is 42.5 Å². The predicted molar refractivity (Wildman–Crippen MR) is 78.0 cm³/mol. The van der Waals surface area contributed by atoms with Gasteiger partial charge in [0.05, 0.1) is 11.5 Å². The maximum Gasteiger partial charge on any atom is 0.261 e. The molecule has 1 aliphatic heterocycles. The average Bonchev–Trinajstić information content (AvgIpc) is 2.38. The Labute approximate surface area is 124 Å². The SMILES string of the molecule is CC(C)c1cc(S(=O)(=O)Cl)ccc1OC1CCCOC1. The molecule has 0 bridgehead atoms. The average molecular weight is 319 g/mol. The summed E-state index contributed by atoms with van der Waals surface area (Å²) < 4.78 is 34.2. The van der Waals surface area contributed by atoms with Gasteiger partial charge in [-0.1, -0.05) is 13.8 Å². The summed E-state index contributed by atoms with van der Waals surface area (Å²) in [5.74, 6) is 0.854. The maximum atomic E-state index is 11.4. The zero-order valence-corrected chi connectivity index (χ0v) is 13.2. The highest BCUT2D eigenvalue weighted by Gasteiger charge is 2.20. The van der Waals surface area contributed by atoms with Crippen LogP contribution in [0.3, 0.4) is 0 Å². The lowest BCUT2D eigenvalue weighted by molar-refractivity contribution is 0.00693. The van der Waals surface area contributed by atoms with Gasteiger partial charge in [-0.3, -0.25) is 0 Å². The van der Waals surface area contributed by atoms with Crippen LogP contribution >= 0.6 is 10.7 Å². The molecule has 1 fully saturated rings. The van der Waals surface area contributed by atoms with Crippen LogP contribution in [0.25, 0.3) is 0 Å². The molecule has 0 N–H and O–H groups in total. The number of hydrogen-bond acceptors (Lipinski definition) is 4. The van der Waals surface area contributed by atoms with E-state index in [1.165, 1.54) is 6.07 Å². The maximum absolute atomic E-state index is 11.4. The lowest BCUT2D eigenvalue weighted by atomic mass is 10.0. The molecule has 4 nitrogen and oxygen atoms in total. The van der Waals surface area contributed by atoms with E-state index >= 15 is 0 Å². The molecular weight excluding hydrogens is 300 g/mol. The number of rotatable bonds is 4. The molecule has 0 saturated carbocycles. The van der Waals surface area contributed by atoms with E-state index in [1.54, 1.807) is 12.1 Å². The quantitative estimate of drug-likeness (QED) is 0.799. The Morgan fingerprint density at radius 2 is 2.15 bits per heavy atom. The summed E-state index contributed by atoms with van der Waals surface area (Å²) in [6.45, 7) is 5.34. The van der Waals surface area contributed by atoms with Gasteiger partial charge in [0.2, 0.25) is 0 Å². The number of hydrogen-bond donors (Lipinski definition) is 0. The lowest BCUT2D eigenvalue weighted by Gasteiger charge is -2.25. The van der Waals surface area contributed by atoms with E-state index in [1.807, 2.05) is 13.8 Å². The Bertz CT molecular complexity index is 563. The van der Waals surface area contributed by atoms with Crippen LogP contribution in [0.2, 0.25) is 0 Å². The Morgan fingerprint density at radius 3 is 2.70 bits per heavy atom. The molecule has 1 aromatic carbocycles. The van der Waals surface area contributed by atoms with Crippen molar-refractivity contribution in [3.63, 3.8) is 0 Å². The van der Waals surface area contributed by atoms with E-state index in [0.717, 1.165) is 25.0 Å². The van der Waals surface area contributed by atoms with Gasteiger partial charge in [-0.15, -0.1) is 0 Å². The predicted octanol–water partition coefficient (Wildman–Crippen LogP) is 3.30. The van der Waals surface area contributed by atoms with Crippen LogP contribution in [0.1, 0.15) is 38.2 Å². The third-order valence-corrected chi connectivity index (χ3v) is 4.65. The van der Waals surface area contributed by atoms with Crippen molar-refractivity contribution in [3.8, 4) is 5.75 Å². The molecule has 20 heavy (non-hydrogen) atoms. The lowest BCUT2D eigenvalue weighted by Crippen LogP contribution is -2.28. The summed E-state index contributed by atoms with van der Waals surface area (Å²) in [5.41, 5.74) is 0.845. The van der Waals surface area contributed by atoms with Crippen molar-refractivity contribution >= 4 is 19.7 Å². The molecule has 0 aliphatic carbocycles. The largest absolute Gasteiger partial charge is 0.488 e. The van der Waals surface area contributed by atoms with Gasteiger partial charge in [-0.25, -0.2) is 8.42 Å². The van der Waals surface area contributed by atoms with Crippen molar-refractivity contribution in [3.05, 3.63) is 23.8 Å². The monoisotopic (exact) mass is 318 g/mol. The fourth-order valence-corrected chi connectivity index (χ4v) is 3.01. The van der Waals surface area contributed by atoms with Crippen LogP contribution in [-0.4, -0.2) is 27.7 Å². The van der Waals surface area contributed by atoms with Crippen molar-refractivity contribution < 1.29 is 17.9 Å². The molecule has 1 unspecified atom stereocenters. The van der Waals surface area contributed by atoms with Gasteiger partial charge >= 0.3 is 0 Å². The van der Waals surface area contributed by atoms with E-state index < -0.39 is 9.05 Å². The van der Waals surface area contributed by atoms with E-state index in [-0.39, 0.29) is 16.9 Å². The van der Waals surface area contributed by atoms with E-state index in [0.29, 0.717) is 12.4 Å². The van der Waals surface area contributed by atoms with Crippen LogP contribution in [0.4, 0.5) is 0 Å². The molecule has 6 heteroatoms. The number of ether oxygens (including phenoxy) is 2. The van der Waals surface area contributed by atoms with Gasteiger partial charge in [0.25, 0.3) is 9.05 Å².